The fraction of sp³-hybridized carbons (Fsp3) is 0.214. The lowest BCUT2D eigenvalue weighted by Gasteiger charge is -2.10. The third kappa shape index (κ3) is 2.63. The van der Waals surface area contributed by atoms with Crippen LogP contribution in [0, 0.1) is 0 Å². The van der Waals surface area contributed by atoms with Gasteiger partial charge in [0.2, 0.25) is 0 Å². The monoisotopic (exact) mass is 300 g/mol. The van der Waals surface area contributed by atoms with Crippen molar-refractivity contribution >= 4 is 22.8 Å². The first-order chi connectivity index (χ1) is 10.7. The smallest absolute Gasteiger partial charge is 0.198 e. The molecule has 0 saturated carbocycles. The Morgan fingerprint density at radius 1 is 1.36 bits per heavy atom. The number of H-pyrrole nitrogens is 1. The highest BCUT2D eigenvalue weighted by Crippen LogP contribution is 2.26. The molecule has 0 atom stereocenters. The Bertz CT molecular complexity index is 801. The number of aliphatic hydroxyl groups excluding tert-OH is 1. The molecule has 22 heavy (non-hydrogen) atoms. The molecular weight excluding hydrogens is 284 g/mol. The van der Waals surface area contributed by atoms with Crippen LogP contribution in [0.15, 0.2) is 24.4 Å². The number of fused-ring (bicyclic) bond motifs is 1. The van der Waals surface area contributed by atoms with Crippen molar-refractivity contribution in [1.82, 2.24) is 19.9 Å². The molecule has 0 aliphatic heterocycles. The number of aromatic nitrogens is 4. The van der Waals surface area contributed by atoms with Crippen LogP contribution in [-0.2, 0) is 0 Å². The number of rotatable bonds is 5. The van der Waals surface area contributed by atoms with E-state index < -0.39 is 0 Å². The minimum Gasteiger partial charge on any atom is -0.491 e. The van der Waals surface area contributed by atoms with Crippen LogP contribution in [0.4, 0.5) is 11.8 Å². The van der Waals surface area contributed by atoms with Crippen molar-refractivity contribution in [1.29, 1.82) is 0 Å². The Morgan fingerprint density at radius 2 is 2.23 bits per heavy atom. The zero-order valence-electron chi connectivity index (χ0n) is 12.0. The largest absolute Gasteiger partial charge is 0.491 e. The summed E-state index contributed by atoms with van der Waals surface area (Å²) >= 11 is 0. The number of aliphatic hydroxyl groups is 1. The minimum atomic E-state index is 0.000989. The Labute approximate surface area is 126 Å². The van der Waals surface area contributed by atoms with E-state index in [-0.39, 0.29) is 6.61 Å². The van der Waals surface area contributed by atoms with Crippen LogP contribution in [0.3, 0.4) is 0 Å². The fourth-order valence-electron chi connectivity index (χ4n) is 2.12. The molecule has 2 heterocycles. The maximum absolute atomic E-state index is 8.93. The van der Waals surface area contributed by atoms with E-state index in [1.807, 2.05) is 18.2 Å². The molecule has 0 amide bonds. The number of nitrogens with two attached hydrogens (primary N) is 1. The number of nitrogen functional groups attached to an aromatic ring is 1. The number of imidazole rings is 1. The van der Waals surface area contributed by atoms with Crippen LogP contribution in [0.25, 0.3) is 22.4 Å². The van der Waals surface area contributed by atoms with Crippen molar-refractivity contribution in [2.24, 2.45) is 0 Å². The van der Waals surface area contributed by atoms with E-state index in [0.29, 0.717) is 29.9 Å². The van der Waals surface area contributed by atoms with Gasteiger partial charge in [0, 0.05) is 12.1 Å². The van der Waals surface area contributed by atoms with Crippen molar-refractivity contribution in [3.05, 3.63) is 24.4 Å². The maximum Gasteiger partial charge on any atom is 0.198 e. The molecule has 0 unspecified atom stereocenters. The van der Waals surface area contributed by atoms with E-state index in [4.69, 9.17) is 15.6 Å². The van der Waals surface area contributed by atoms with Crippen molar-refractivity contribution in [2.75, 3.05) is 31.3 Å². The van der Waals surface area contributed by atoms with Gasteiger partial charge in [-0.25, -0.2) is 15.0 Å². The standard InChI is InChI=1S/C14H16N6O2/c1-22-11-7-17-12(20-13(11)16-4-5-21)8-2-3-9-10(6-8)19-14(15)18-9/h2-3,6-7,21H,4-5H2,1H3,(H3,15,18,19)(H,16,17,20). The molecular formula is C14H16N6O2. The fourth-order valence-corrected chi connectivity index (χ4v) is 2.12. The van der Waals surface area contributed by atoms with Gasteiger partial charge in [0.15, 0.2) is 23.3 Å². The Balaban J connectivity index is 2.01. The Hall–Kier alpha value is -2.87. The van der Waals surface area contributed by atoms with Crippen molar-refractivity contribution in [3.8, 4) is 17.1 Å². The number of benzene rings is 1. The summed E-state index contributed by atoms with van der Waals surface area (Å²) in [6.45, 7) is 0.378. The number of nitrogens with one attached hydrogen (secondary N) is 2. The molecule has 0 aliphatic carbocycles. The third-order valence-corrected chi connectivity index (χ3v) is 3.14. The molecule has 0 bridgehead atoms. The van der Waals surface area contributed by atoms with E-state index >= 15 is 0 Å². The summed E-state index contributed by atoms with van der Waals surface area (Å²) in [6, 6.07) is 5.62. The van der Waals surface area contributed by atoms with E-state index in [9.17, 15) is 0 Å². The Morgan fingerprint density at radius 3 is 3.00 bits per heavy atom. The Kier molecular flexibility index (Phi) is 3.75. The van der Waals surface area contributed by atoms with Gasteiger partial charge in [-0.15, -0.1) is 0 Å². The summed E-state index contributed by atoms with van der Waals surface area (Å²) in [5.74, 6) is 1.95. The van der Waals surface area contributed by atoms with E-state index in [2.05, 4.69) is 25.3 Å². The van der Waals surface area contributed by atoms with Gasteiger partial charge in [0.05, 0.1) is 30.9 Å². The first-order valence-electron chi connectivity index (χ1n) is 6.72. The lowest BCUT2D eigenvalue weighted by Crippen LogP contribution is -2.09. The number of aromatic amines is 1. The summed E-state index contributed by atoms with van der Waals surface area (Å²) in [5.41, 5.74) is 8.07. The van der Waals surface area contributed by atoms with E-state index in [0.717, 1.165) is 16.6 Å². The highest BCUT2D eigenvalue weighted by molar-refractivity contribution is 5.82. The molecule has 0 saturated heterocycles. The minimum absolute atomic E-state index is 0.000989. The van der Waals surface area contributed by atoms with Gasteiger partial charge in [0.25, 0.3) is 0 Å². The topological polar surface area (TPSA) is 122 Å². The highest BCUT2D eigenvalue weighted by Gasteiger charge is 2.10. The van der Waals surface area contributed by atoms with Crippen LogP contribution in [0.2, 0.25) is 0 Å². The maximum atomic E-state index is 8.93. The zero-order chi connectivity index (χ0) is 15.5. The van der Waals surface area contributed by atoms with Gasteiger partial charge in [-0.3, -0.25) is 0 Å². The summed E-state index contributed by atoms with van der Waals surface area (Å²) in [6.07, 6.45) is 1.59. The number of nitrogens with zero attached hydrogens (tertiary/aromatic N) is 3. The summed E-state index contributed by atoms with van der Waals surface area (Å²) in [5, 5.41) is 11.9. The van der Waals surface area contributed by atoms with Crippen LogP contribution in [0.5, 0.6) is 5.75 Å². The molecule has 5 N–H and O–H groups in total. The molecule has 8 heteroatoms. The summed E-state index contributed by atoms with van der Waals surface area (Å²) in [7, 11) is 1.54. The average molecular weight is 300 g/mol. The second-order valence-corrected chi connectivity index (χ2v) is 4.61. The molecule has 0 fully saturated rings. The third-order valence-electron chi connectivity index (χ3n) is 3.14. The predicted octanol–water partition coefficient (Wildman–Crippen LogP) is 1.01. The lowest BCUT2D eigenvalue weighted by atomic mass is 10.2. The quantitative estimate of drug-likeness (QED) is 0.554. The molecule has 0 aliphatic rings. The molecule has 114 valence electrons. The van der Waals surface area contributed by atoms with Gasteiger partial charge < -0.3 is 25.9 Å². The van der Waals surface area contributed by atoms with Gasteiger partial charge >= 0.3 is 0 Å². The van der Waals surface area contributed by atoms with Crippen molar-refractivity contribution in [2.45, 2.75) is 0 Å². The molecule has 3 aromatic rings. The number of anilines is 2. The first-order valence-corrected chi connectivity index (χ1v) is 6.72. The van der Waals surface area contributed by atoms with Crippen LogP contribution in [-0.4, -0.2) is 45.3 Å². The normalized spacial score (nSPS) is 10.8. The molecule has 0 spiro atoms. The van der Waals surface area contributed by atoms with Gasteiger partial charge in [0.1, 0.15) is 0 Å². The van der Waals surface area contributed by atoms with Gasteiger partial charge in [-0.1, -0.05) is 0 Å². The van der Waals surface area contributed by atoms with E-state index in [1.54, 1.807) is 13.3 Å². The van der Waals surface area contributed by atoms with E-state index in [1.165, 1.54) is 0 Å². The van der Waals surface area contributed by atoms with Gasteiger partial charge in [-0.05, 0) is 18.2 Å². The second-order valence-electron chi connectivity index (χ2n) is 4.61. The number of hydrogen-bond donors (Lipinski definition) is 4. The summed E-state index contributed by atoms with van der Waals surface area (Å²) in [4.78, 5) is 15.9. The molecule has 2 aromatic heterocycles. The van der Waals surface area contributed by atoms with Crippen LogP contribution >= 0.6 is 0 Å². The second kappa shape index (κ2) is 5.86. The SMILES string of the molecule is COc1cnc(-c2ccc3[nH]c(N)nc3c2)nc1NCCO. The van der Waals surface area contributed by atoms with Gasteiger partial charge in [-0.2, -0.15) is 0 Å². The molecule has 8 nitrogen and oxygen atoms in total. The van der Waals surface area contributed by atoms with Crippen LogP contribution in [0.1, 0.15) is 0 Å². The van der Waals surface area contributed by atoms with Crippen molar-refractivity contribution < 1.29 is 9.84 Å². The van der Waals surface area contributed by atoms with Crippen molar-refractivity contribution in [3.63, 3.8) is 0 Å². The highest BCUT2D eigenvalue weighted by atomic mass is 16.5. The zero-order valence-corrected chi connectivity index (χ0v) is 12.0. The molecule has 3 rings (SSSR count). The number of methoxy groups -OCH3 is 1. The van der Waals surface area contributed by atoms with Crippen LogP contribution < -0.4 is 15.8 Å². The number of hydrogen-bond acceptors (Lipinski definition) is 7. The number of ether oxygens (including phenoxy) is 1. The summed E-state index contributed by atoms with van der Waals surface area (Å²) < 4.78 is 5.20. The molecule has 0 radical (unpaired) electrons. The average Bonchev–Trinajstić information content (AvgIpc) is 2.91. The lowest BCUT2D eigenvalue weighted by molar-refractivity contribution is 0.310. The molecule has 1 aromatic carbocycles. The predicted molar refractivity (Wildman–Crippen MR) is 83.7 cm³/mol. The first kappa shape index (κ1) is 14.1.